The summed E-state index contributed by atoms with van der Waals surface area (Å²) in [6.45, 7) is 1.31. The van der Waals surface area contributed by atoms with Gasteiger partial charge in [-0.3, -0.25) is 18.9 Å². The number of nitrogens with zero attached hydrogens (tertiary/aromatic N) is 5. The van der Waals surface area contributed by atoms with Gasteiger partial charge >= 0.3 is 38.7 Å². The predicted octanol–water partition coefficient (Wildman–Crippen LogP) is 6.75. The molecule has 0 spiro atoms. The summed E-state index contributed by atoms with van der Waals surface area (Å²) < 4.78 is 91.3. The van der Waals surface area contributed by atoms with E-state index in [0.717, 1.165) is 36.1 Å². The molecule has 5 rings (SSSR count). The molecule has 3 aromatic heterocycles. The first-order chi connectivity index (χ1) is 32.4. The predicted molar refractivity (Wildman–Crippen MR) is 238 cm³/mol. The highest BCUT2D eigenvalue weighted by Crippen LogP contribution is 2.51. The first kappa shape index (κ1) is 54.9. The minimum absolute atomic E-state index is 0.248. The molecule has 0 radical (unpaired) electrons. The number of ether oxygens (including phenoxy) is 3. The van der Waals surface area contributed by atoms with Gasteiger partial charge in [0.25, 0.3) is 5.56 Å². The zero-order valence-electron chi connectivity index (χ0n) is 37.3. The highest BCUT2D eigenvalue weighted by Gasteiger charge is 2.56. The number of hydrogen-bond acceptors (Lipinski definition) is 21. The van der Waals surface area contributed by atoms with Crippen molar-refractivity contribution >= 4 is 44.2 Å². The molecule has 0 aliphatic carbocycles. The summed E-state index contributed by atoms with van der Waals surface area (Å²) in [6, 6.07) is 0.981. The smallest absolute Gasteiger partial charge is 0.476 e. The second kappa shape index (κ2) is 29.2. The molecule has 0 amide bonds. The minimum Gasteiger partial charge on any atom is -0.476 e. The number of rotatable bonds is 34. The van der Waals surface area contributed by atoms with Crippen molar-refractivity contribution in [2.45, 2.75) is 172 Å². The molecule has 12 atom stereocenters. The molecule has 2 saturated heterocycles. The van der Waals surface area contributed by atoms with E-state index in [1.165, 1.54) is 114 Å². The van der Waals surface area contributed by atoms with Gasteiger partial charge in [-0.15, -0.1) is 9.05 Å². The van der Waals surface area contributed by atoms with Crippen LogP contribution in [-0.2, 0) is 49.7 Å². The molecule has 5 N–H and O–H groups in total. The van der Waals surface area contributed by atoms with Gasteiger partial charge in [0.2, 0.25) is 5.88 Å². The molecule has 67 heavy (non-hydrogen) atoms. The lowest BCUT2D eigenvalue weighted by atomic mass is 10.0. The minimum atomic E-state index is -3.48. The topological polar surface area (TPSA) is 322 Å². The Balaban J connectivity index is 0.931. The molecule has 28 heteroatoms. The van der Waals surface area contributed by atoms with Crippen molar-refractivity contribution in [3.63, 3.8) is 0 Å². The van der Waals surface area contributed by atoms with Gasteiger partial charge in [0.1, 0.15) is 56.2 Å². The number of aliphatic hydroxyl groups excluding tert-OH is 4. The van der Waals surface area contributed by atoms with Crippen LogP contribution < -0.4 is 16.0 Å². The standard InChI is InChI=1S/C39H61N6O18P4/c1-2-3-4-5-6-7-8-9-10-11-12-13-14-15-16-17-18-19-22-56-36-30-35(40-25-41-36)45(26-42-30)38-34(50)32(48)28(60-38)24-58-65(53)62-67(55)63-66(54)61-64(52)57-23-27-31(47)33(49)37(59-27)44-21-20-29(46)43-39(44)51/h20-21,25-28,31-34,37-38,47-50H,2-19,22-24H2,1H3/q+3/p+1/t27-,28+,31-,32+,33-,34+,37-,38+/m1/s1. The van der Waals surface area contributed by atoms with Crippen LogP contribution in [0.3, 0.4) is 0 Å². The fraction of sp³-hybridized carbons (Fsp3) is 0.769. The van der Waals surface area contributed by atoms with E-state index in [0.29, 0.717) is 12.1 Å². The Labute approximate surface area is 390 Å². The van der Waals surface area contributed by atoms with E-state index < -0.39 is 107 Å². The van der Waals surface area contributed by atoms with Gasteiger partial charge in [-0.05, 0) is 6.42 Å². The number of H-pyrrole nitrogens is 1. The van der Waals surface area contributed by atoms with Crippen molar-refractivity contribution in [2.75, 3.05) is 19.8 Å². The third-order valence-corrected chi connectivity index (χ3v) is 15.1. The van der Waals surface area contributed by atoms with Crippen LogP contribution in [0.5, 0.6) is 5.88 Å². The molecule has 0 saturated carbocycles. The van der Waals surface area contributed by atoms with Gasteiger partial charge in [-0.25, -0.2) is 14.8 Å². The fourth-order valence-corrected chi connectivity index (χ4v) is 10.6. The van der Waals surface area contributed by atoms with Crippen LogP contribution in [0.1, 0.15) is 135 Å². The molecule has 2 fully saturated rings. The molecular formula is C39H62N6O18P4+4. The molecule has 372 valence electrons. The lowest BCUT2D eigenvalue weighted by molar-refractivity contribution is -0.0516. The Morgan fingerprint density at radius 3 is 1.57 bits per heavy atom. The Morgan fingerprint density at radius 1 is 0.612 bits per heavy atom. The maximum atomic E-state index is 12.4. The largest absolute Gasteiger partial charge is 0.798 e. The number of hydrogen-bond donors (Lipinski definition) is 5. The lowest BCUT2D eigenvalue weighted by Crippen LogP contribution is -2.37. The summed E-state index contributed by atoms with van der Waals surface area (Å²) in [5.74, 6) is 0.248. The summed E-state index contributed by atoms with van der Waals surface area (Å²) >= 11 is 0. The average molecular weight is 1030 g/mol. The molecule has 0 bridgehead atoms. The molecule has 2 aliphatic heterocycles. The van der Waals surface area contributed by atoms with Crippen molar-refractivity contribution in [1.29, 1.82) is 0 Å². The SMILES string of the molecule is CCCCCCCCCCCCCCCCCCCCOc1ncnc2c1ncn2[C@H]1O[C@@H](CO[P+](=O)O[P+](=O)O[P+](=O)O[P+](=O)OC[C@H]2O[C@@H](n3ccc(=O)[nH]c3=O)[C@H](O)[C@@H]2O)[C@H](O)[C@@H]1O. The second-order valence-corrected chi connectivity index (χ2v) is 20.5. The van der Waals surface area contributed by atoms with E-state index in [9.17, 15) is 48.3 Å². The zero-order valence-corrected chi connectivity index (χ0v) is 40.9. The maximum absolute atomic E-state index is 12.4. The summed E-state index contributed by atoms with van der Waals surface area (Å²) in [7, 11) is -13.5. The van der Waals surface area contributed by atoms with Gasteiger partial charge in [0, 0.05) is 30.5 Å². The molecule has 24 nitrogen and oxygen atoms in total. The van der Waals surface area contributed by atoms with Gasteiger partial charge in [0.15, 0.2) is 36.6 Å². The van der Waals surface area contributed by atoms with Crippen LogP contribution >= 0.6 is 33.0 Å². The number of aromatic amines is 1. The highest BCUT2D eigenvalue weighted by atomic mass is 31.2. The monoisotopic (exact) mass is 1030 g/mol. The number of nitrogens with one attached hydrogen (secondary N) is 1. The summed E-state index contributed by atoms with van der Waals surface area (Å²) in [5, 5.41) is 42.1. The Hall–Kier alpha value is -3.01. The number of unbranched alkanes of at least 4 members (excludes halogenated alkanes) is 17. The molecule has 4 unspecified atom stereocenters. The number of fused-ring (bicyclic) bond motifs is 1. The van der Waals surface area contributed by atoms with Gasteiger partial charge in [-0.1, -0.05) is 116 Å². The summed E-state index contributed by atoms with van der Waals surface area (Å²) in [4.78, 5) is 38.1. The van der Waals surface area contributed by atoms with E-state index >= 15 is 0 Å². The Morgan fingerprint density at radius 2 is 1.07 bits per heavy atom. The lowest BCUT2D eigenvalue weighted by Gasteiger charge is -2.16. The van der Waals surface area contributed by atoms with E-state index in [4.69, 9.17) is 23.3 Å². The van der Waals surface area contributed by atoms with Crippen molar-refractivity contribution < 1.29 is 74.9 Å². The van der Waals surface area contributed by atoms with Gasteiger partial charge in [0.05, 0.1) is 12.9 Å². The second-order valence-electron chi connectivity index (χ2n) is 16.2. The maximum Gasteiger partial charge on any atom is 0.798 e. The van der Waals surface area contributed by atoms with Crippen molar-refractivity contribution in [3.05, 3.63) is 45.8 Å². The number of aliphatic hydroxyl groups is 4. The van der Waals surface area contributed by atoms with E-state index in [2.05, 4.69) is 34.8 Å². The van der Waals surface area contributed by atoms with E-state index in [1.807, 2.05) is 4.98 Å². The van der Waals surface area contributed by atoms with Crippen molar-refractivity contribution in [3.8, 4) is 5.88 Å². The van der Waals surface area contributed by atoms with Crippen LogP contribution in [-0.4, -0.2) is 106 Å². The van der Waals surface area contributed by atoms with E-state index in [-0.39, 0.29) is 11.5 Å². The zero-order chi connectivity index (χ0) is 48.1. The fourth-order valence-electron chi connectivity index (χ4n) is 7.62. The summed E-state index contributed by atoms with van der Waals surface area (Å²) in [5.41, 5.74) is -1.09. The Kier molecular flexibility index (Phi) is 24.0. The third kappa shape index (κ3) is 17.4. The molecule has 5 heterocycles. The quantitative estimate of drug-likeness (QED) is 0.0305. The van der Waals surface area contributed by atoms with Crippen molar-refractivity contribution in [2.24, 2.45) is 0 Å². The highest BCUT2D eigenvalue weighted by molar-refractivity contribution is 7.56. The normalized spacial score (nSPS) is 23.8. The Bertz CT molecular complexity index is 2170. The third-order valence-electron chi connectivity index (χ3n) is 11.2. The van der Waals surface area contributed by atoms with Crippen LogP contribution in [0, 0.1) is 0 Å². The molecule has 2 aliphatic rings. The van der Waals surface area contributed by atoms with E-state index in [1.54, 1.807) is 0 Å². The average Bonchev–Trinajstić information content (AvgIpc) is 3.94. The van der Waals surface area contributed by atoms with Gasteiger partial charge in [-0.2, -0.15) is 4.98 Å². The first-order valence-electron chi connectivity index (χ1n) is 22.7. The molecular weight excluding hydrogens is 964 g/mol. The van der Waals surface area contributed by atoms with Crippen LogP contribution in [0.4, 0.5) is 0 Å². The van der Waals surface area contributed by atoms with Crippen LogP contribution in [0.15, 0.2) is 34.5 Å². The van der Waals surface area contributed by atoms with Gasteiger partial charge < -0.3 is 34.6 Å². The summed E-state index contributed by atoms with van der Waals surface area (Å²) in [6.07, 6.45) is 14.9. The molecule has 0 aromatic carbocycles. The number of imidazole rings is 1. The van der Waals surface area contributed by atoms with Crippen LogP contribution in [0.25, 0.3) is 11.2 Å². The van der Waals surface area contributed by atoms with Crippen LogP contribution in [0.2, 0.25) is 0 Å². The molecule has 3 aromatic rings. The van der Waals surface area contributed by atoms with Crippen molar-refractivity contribution in [1.82, 2.24) is 29.1 Å². The first-order valence-corrected chi connectivity index (χ1v) is 27.1. The number of aromatic nitrogens is 6.